The van der Waals surface area contributed by atoms with Crippen LogP contribution in [-0.2, 0) is 4.74 Å². The second-order valence-electron chi connectivity index (χ2n) is 5.63. The van der Waals surface area contributed by atoms with E-state index in [9.17, 15) is 5.26 Å². The first-order valence-corrected chi connectivity index (χ1v) is 7.60. The summed E-state index contributed by atoms with van der Waals surface area (Å²) in [4.78, 5) is 10.6. The zero-order valence-electron chi connectivity index (χ0n) is 13.3. The van der Waals surface area contributed by atoms with E-state index in [1.807, 2.05) is 26.0 Å². The smallest absolute Gasteiger partial charge is 0.154 e. The standard InChI is InChI=1S/C17H19N5O/c1-12-7-13(2)9-14(8-12)21-16-15(10-18)17(20-11-19-16)22-3-5-23-6-4-22/h7-9,11H,3-6H2,1-2H3,(H,19,20,21). The molecule has 0 saturated carbocycles. The van der Waals surface area contributed by atoms with E-state index in [1.54, 1.807) is 0 Å². The fourth-order valence-electron chi connectivity index (χ4n) is 2.77. The van der Waals surface area contributed by atoms with Crippen LogP contribution in [0, 0.1) is 25.2 Å². The normalized spacial score (nSPS) is 14.4. The van der Waals surface area contributed by atoms with Gasteiger partial charge in [0, 0.05) is 18.8 Å². The van der Waals surface area contributed by atoms with Crippen molar-refractivity contribution >= 4 is 17.3 Å². The van der Waals surface area contributed by atoms with Crippen molar-refractivity contribution < 1.29 is 4.74 Å². The number of nitriles is 1. The Hall–Kier alpha value is -2.65. The lowest BCUT2D eigenvalue weighted by Gasteiger charge is -2.28. The molecule has 1 aromatic heterocycles. The summed E-state index contributed by atoms with van der Waals surface area (Å²) in [5, 5.41) is 12.8. The second-order valence-corrected chi connectivity index (χ2v) is 5.63. The van der Waals surface area contributed by atoms with Crippen molar-refractivity contribution in [2.75, 3.05) is 36.5 Å². The lowest BCUT2D eigenvalue weighted by Crippen LogP contribution is -2.37. The summed E-state index contributed by atoms with van der Waals surface area (Å²) < 4.78 is 5.36. The number of morpholine rings is 1. The van der Waals surface area contributed by atoms with Gasteiger partial charge in [-0.3, -0.25) is 0 Å². The highest BCUT2D eigenvalue weighted by Gasteiger charge is 2.19. The number of ether oxygens (including phenoxy) is 1. The SMILES string of the molecule is Cc1cc(C)cc(Nc2ncnc(N3CCOCC3)c2C#N)c1. The number of aryl methyl sites for hydroxylation is 2. The maximum atomic E-state index is 9.59. The highest BCUT2D eigenvalue weighted by atomic mass is 16.5. The fourth-order valence-corrected chi connectivity index (χ4v) is 2.77. The van der Waals surface area contributed by atoms with Gasteiger partial charge in [0.05, 0.1) is 13.2 Å². The molecule has 2 aromatic rings. The van der Waals surface area contributed by atoms with Crippen molar-refractivity contribution in [3.8, 4) is 6.07 Å². The lowest BCUT2D eigenvalue weighted by molar-refractivity contribution is 0.122. The quantitative estimate of drug-likeness (QED) is 0.939. The Morgan fingerprint density at radius 3 is 2.48 bits per heavy atom. The summed E-state index contributed by atoms with van der Waals surface area (Å²) in [7, 11) is 0. The number of hydrogen-bond acceptors (Lipinski definition) is 6. The number of rotatable bonds is 3. The molecular weight excluding hydrogens is 290 g/mol. The largest absolute Gasteiger partial charge is 0.378 e. The van der Waals surface area contributed by atoms with Gasteiger partial charge in [-0.05, 0) is 37.1 Å². The summed E-state index contributed by atoms with van der Waals surface area (Å²) in [6.07, 6.45) is 1.50. The van der Waals surface area contributed by atoms with Crippen molar-refractivity contribution in [1.82, 2.24) is 9.97 Å². The molecule has 1 fully saturated rings. The van der Waals surface area contributed by atoms with Crippen LogP contribution in [-0.4, -0.2) is 36.3 Å². The Balaban J connectivity index is 1.94. The first-order valence-electron chi connectivity index (χ1n) is 7.60. The molecule has 1 aliphatic heterocycles. The molecule has 1 saturated heterocycles. The van der Waals surface area contributed by atoms with Crippen LogP contribution in [0.2, 0.25) is 0 Å². The van der Waals surface area contributed by atoms with Gasteiger partial charge < -0.3 is 15.0 Å². The maximum Gasteiger partial charge on any atom is 0.154 e. The van der Waals surface area contributed by atoms with Crippen LogP contribution in [0.1, 0.15) is 16.7 Å². The van der Waals surface area contributed by atoms with Gasteiger partial charge in [0.2, 0.25) is 0 Å². The number of nitrogens with one attached hydrogen (secondary N) is 1. The van der Waals surface area contributed by atoms with E-state index < -0.39 is 0 Å². The minimum Gasteiger partial charge on any atom is -0.378 e. The Bertz CT molecular complexity index is 727. The molecule has 2 heterocycles. The molecule has 1 aliphatic rings. The molecule has 0 radical (unpaired) electrons. The molecule has 3 rings (SSSR count). The fraction of sp³-hybridized carbons (Fsp3) is 0.353. The zero-order valence-corrected chi connectivity index (χ0v) is 13.3. The molecule has 0 bridgehead atoms. The van der Waals surface area contributed by atoms with Gasteiger partial charge in [0.25, 0.3) is 0 Å². The van der Waals surface area contributed by atoms with Crippen LogP contribution in [0.25, 0.3) is 0 Å². The topological polar surface area (TPSA) is 74.1 Å². The Morgan fingerprint density at radius 1 is 1.13 bits per heavy atom. The Labute approximate surface area is 135 Å². The maximum absolute atomic E-state index is 9.59. The molecule has 0 atom stereocenters. The van der Waals surface area contributed by atoms with Crippen molar-refractivity contribution in [3.05, 3.63) is 41.2 Å². The molecule has 0 unspecified atom stereocenters. The lowest BCUT2D eigenvalue weighted by atomic mass is 10.1. The zero-order chi connectivity index (χ0) is 16.2. The first kappa shape index (κ1) is 15.3. The highest BCUT2D eigenvalue weighted by Crippen LogP contribution is 2.26. The molecular formula is C17H19N5O. The van der Waals surface area contributed by atoms with Crippen molar-refractivity contribution in [2.24, 2.45) is 0 Å². The summed E-state index contributed by atoms with van der Waals surface area (Å²) >= 11 is 0. The minimum absolute atomic E-state index is 0.466. The van der Waals surface area contributed by atoms with E-state index in [1.165, 1.54) is 6.33 Å². The van der Waals surface area contributed by atoms with Crippen molar-refractivity contribution in [1.29, 1.82) is 5.26 Å². The van der Waals surface area contributed by atoms with Crippen LogP contribution in [0.5, 0.6) is 0 Å². The molecule has 6 heteroatoms. The summed E-state index contributed by atoms with van der Waals surface area (Å²) in [5.41, 5.74) is 3.71. The van der Waals surface area contributed by atoms with E-state index in [0.29, 0.717) is 30.4 Å². The summed E-state index contributed by atoms with van der Waals surface area (Å²) in [6.45, 7) is 6.85. The number of hydrogen-bond donors (Lipinski definition) is 1. The number of anilines is 3. The molecule has 1 N–H and O–H groups in total. The monoisotopic (exact) mass is 309 g/mol. The predicted molar refractivity (Wildman–Crippen MR) is 89.0 cm³/mol. The van der Waals surface area contributed by atoms with Gasteiger partial charge in [-0.1, -0.05) is 6.07 Å². The van der Waals surface area contributed by atoms with Gasteiger partial charge in [-0.2, -0.15) is 5.26 Å². The van der Waals surface area contributed by atoms with Crippen LogP contribution in [0.15, 0.2) is 24.5 Å². The van der Waals surface area contributed by atoms with Crippen LogP contribution < -0.4 is 10.2 Å². The molecule has 0 aliphatic carbocycles. The summed E-state index contributed by atoms with van der Waals surface area (Å²) in [6, 6.07) is 8.41. The minimum atomic E-state index is 0.466. The van der Waals surface area contributed by atoms with Crippen LogP contribution >= 0.6 is 0 Å². The van der Waals surface area contributed by atoms with Gasteiger partial charge in [-0.25, -0.2) is 9.97 Å². The predicted octanol–water partition coefficient (Wildman–Crippen LogP) is 2.55. The third kappa shape index (κ3) is 3.41. The molecule has 6 nitrogen and oxygen atoms in total. The molecule has 0 spiro atoms. The van der Waals surface area contributed by atoms with E-state index in [2.05, 4.69) is 32.3 Å². The van der Waals surface area contributed by atoms with Crippen LogP contribution in [0.4, 0.5) is 17.3 Å². The van der Waals surface area contributed by atoms with E-state index in [0.717, 1.165) is 29.9 Å². The van der Waals surface area contributed by atoms with Gasteiger partial charge >= 0.3 is 0 Å². The highest BCUT2D eigenvalue weighted by molar-refractivity contribution is 5.70. The Morgan fingerprint density at radius 2 is 1.83 bits per heavy atom. The van der Waals surface area contributed by atoms with E-state index >= 15 is 0 Å². The van der Waals surface area contributed by atoms with Gasteiger partial charge in [0.1, 0.15) is 18.0 Å². The van der Waals surface area contributed by atoms with E-state index in [4.69, 9.17) is 4.74 Å². The third-order valence-electron chi connectivity index (χ3n) is 3.73. The Kier molecular flexibility index (Phi) is 4.40. The van der Waals surface area contributed by atoms with Gasteiger partial charge in [0.15, 0.2) is 11.6 Å². The molecule has 1 aromatic carbocycles. The van der Waals surface area contributed by atoms with E-state index in [-0.39, 0.29) is 0 Å². The first-order chi connectivity index (χ1) is 11.2. The van der Waals surface area contributed by atoms with Crippen LogP contribution in [0.3, 0.4) is 0 Å². The molecule has 118 valence electrons. The number of nitrogens with zero attached hydrogens (tertiary/aromatic N) is 4. The van der Waals surface area contributed by atoms with Gasteiger partial charge in [-0.15, -0.1) is 0 Å². The number of benzene rings is 1. The average Bonchev–Trinajstić information content (AvgIpc) is 2.54. The third-order valence-corrected chi connectivity index (χ3v) is 3.73. The molecule has 0 amide bonds. The van der Waals surface area contributed by atoms with Crippen molar-refractivity contribution in [2.45, 2.75) is 13.8 Å². The van der Waals surface area contributed by atoms with Crippen molar-refractivity contribution in [3.63, 3.8) is 0 Å². The number of aromatic nitrogens is 2. The molecule has 23 heavy (non-hydrogen) atoms. The second kappa shape index (κ2) is 6.63. The summed E-state index contributed by atoms with van der Waals surface area (Å²) in [5.74, 6) is 1.20. The average molecular weight is 309 g/mol.